The van der Waals surface area contributed by atoms with Crippen molar-refractivity contribution in [2.45, 2.75) is 11.4 Å². The topological polar surface area (TPSA) is 59.1 Å². The largest absolute Gasteiger partial charge is 0.255 e. The highest BCUT2D eigenvalue weighted by Gasteiger charge is 2.18. The first kappa shape index (κ1) is 16.2. The quantitative estimate of drug-likeness (QED) is 0.758. The number of sulfonamides is 1. The third-order valence-electron chi connectivity index (χ3n) is 3.37. The molecular weight excluding hydrogens is 355 g/mol. The molecule has 0 saturated carbocycles. The lowest BCUT2D eigenvalue weighted by molar-refractivity contribution is 0.582. The first-order valence-electron chi connectivity index (χ1n) is 6.75. The van der Waals surface area contributed by atoms with E-state index >= 15 is 0 Å². The van der Waals surface area contributed by atoms with Crippen LogP contribution in [-0.4, -0.2) is 13.4 Å². The van der Waals surface area contributed by atoms with Crippen LogP contribution in [0.3, 0.4) is 0 Å². The van der Waals surface area contributed by atoms with Gasteiger partial charge in [0, 0.05) is 18.1 Å². The summed E-state index contributed by atoms with van der Waals surface area (Å²) in [5.74, 6) is 0. The molecule has 4 nitrogen and oxygen atoms in total. The number of fused-ring (bicyclic) bond motifs is 1. The number of halogens is 2. The molecule has 1 aromatic heterocycles. The first-order valence-corrected chi connectivity index (χ1v) is 8.99. The number of pyridine rings is 1. The average molecular weight is 367 g/mol. The Morgan fingerprint density at radius 3 is 2.57 bits per heavy atom. The number of para-hydroxylation sites is 1. The summed E-state index contributed by atoms with van der Waals surface area (Å²) in [5, 5.41) is 1.49. The normalized spacial score (nSPS) is 11.7. The summed E-state index contributed by atoms with van der Waals surface area (Å²) >= 11 is 12.0. The van der Waals surface area contributed by atoms with Gasteiger partial charge in [-0.15, -0.1) is 0 Å². The lowest BCUT2D eigenvalue weighted by atomic mass is 10.2. The number of nitrogens with zero attached hydrogens (tertiary/aromatic N) is 1. The third-order valence-corrected chi connectivity index (χ3v) is 5.66. The van der Waals surface area contributed by atoms with E-state index in [0.717, 1.165) is 5.39 Å². The highest BCUT2D eigenvalue weighted by Crippen LogP contribution is 2.26. The first-order chi connectivity index (χ1) is 11.0. The van der Waals surface area contributed by atoms with Crippen LogP contribution < -0.4 is 4.72 Å². The summed E-state index contributed by atoms with van der Waals surface area (Å²) in [6.45, 7) is 0.0466. The number of aromatic nitrogens is 1. The van der Waals surface area contributed by atoms with Gasteiger partial charge in [-0.05, 0) is 23.8 Å². The molecule has 1 N–H and O–H groups in total. The van der Waals surface area contributed by atoms with E-state index in [0.29, 0.717) is 21.1 Å². The molecule has 0 aliphatic rings. The van der Waals surface area contributed by atoms with Gasteiger partial charge in [-0.3, -0.25) is 4.98 Å². The second-order valence-corrected chi connectivity index (χ2v) is 7.39. The van der Waals surface area contributed by atoms with Gasteiger partial charge in [0.2, 0.25) is 10.0 Å². The number of nitrogens with one attached hydrogen (secondary N) is 1. The predicted octanol–water partition coefficient (Wildman–Crippen LogP) is 4.02. The minimum Gasteiger partial charge on any atom is -0.255 e. The molecule has 0 radical (unpaired) electrons. The molecule has 118 valence electrons. The maximum absolute atomic E-state index is 12.6. The fourth-order valence-electron chi connectivity index (χ4n) is 2.23. The van der Waals surface area contributed by atoms with Gasteiger partial charge >= 0.3 is 0 Å². The predicted molar refractivity (Wildman–Crippen MR) is 92.2 cm³/mol. The Balaban J connectivity index is 1.94. The number of benzene rings is 2. The molecule has 0 aliphatic heterocycles. The van der Waals surface area contributed by atoms with Crippen LogP contribution in [0.5, 0.6) is 0 Å². The zero-order chi connectivity index (χ0) is 16.4. The molecule has 7 heteroatoms. The molecule has 0 aliphatic carbocycles. The minimum absolute atomic E-state index is 0.0466. The van der Waals surface area contributed by atoms with Crippen LogP contribution in [0.2, 0.25) is 10.0 Å². The van der Waals surface area contributed by atoms with E-state index < -0.39 is 10.0 Å². The Morgan fingerprint density at radius 1 is 1.00 bits per heavy atom. The average Bonchev–Trinajstić information content (AvgIpc) is 2.55. The van der Waals surface area contributed by atoms with Crippen molar-refractivity contribution in [3.05, 3.63) is 70.3 Å². The molecule has 2 aromatic carbocycles. The van der Waals surface area contributed by atoms with Crippen LogP contribution in [0.25, 0.3) is 10.9 Å². The lowest BCUT2D eigenvalue weighted by Crippen LogP contribution is -2.23. The Bertz CT molecular complexity index is 969. The van der Waals surface area contributed by atoms with Gasteiger partial charge in [-0.25, -0.2) is 13.1 Å². The Hall–Kier alpha value is -1.66. The second kappa shape index (κ2) is 6.45. The van der Waals surface area contributed by atoms with E-state index in [-0.39, 0.29) is 11.4 Å². The maximum Gasteiger partial charge on any atom is 0.243 e. The summed E-state index contributed by atoms with van der Waals surface area (Å²) in [6.07, 6.45) is 1.56. The van der Waals surface area contributed by atoms with Gasteiger partial charge in [0.05, 0.1) is 15.6 Å². The summed E-state index contributed by atoms with van der Waals surface area (Å²) < 4.78 is 27.7. The van der Waals surface area contributed by atoms with Crippen molar-refractivity contribution in [2.24, 2.45) is 0 Å². The molecular formula is C16H12Cl2N2O2S. The zero-order valence-electron chi connectivity index (χ0n) is 11.8. The maximum atomic E-state index is 12.6. The summed E-state index contributed by atoms with van der Waals surface area (Å²) in [7, 11) is -3.73. The van der Waals surface area contributed by atoms with E-state index in [9.17, 15) is 8.42 Å². The SMILES string of the molecule is O=S(=O)(NCc1cccc(Cl)c1Cl)c1cccc2cccnc12. The molecule has 0 amide bonds. The van der Waals surface area contributed by atoms with Crippen molar-refractivity contribution in [2.75, 3.05) is 0 Å². The smallest absolute Gasteiger partial charge is 0.243 e. The molecule has 0 spiro atoms. The van der Waals surface area contributed by atoms with Crippen molar-refractivity contribution in [1.29, 1.82) is 0 Å². The third kappa shape index (κ3) is 3.33. The Kier molecular flexibility index (Phi) is 4.55. The molecule has 0 saturated heterocycles. The molecule has 3 rings (SSSR count). The van der Waals surface area contributed by atoms with Crippen molar-refractivity contribution >= 4 is 44.1 Å². The van der Waals surface area contributed by atoms with Crippen LogP contribution >= 0.6 is 23.2 Å². The summed E-state index contributed by atoms with van der Waals surface area (Å²) in [4.78, 5) is 4.30. The van der Waals surface area contributed by atoms with Crippen molar-refractivity contribution < 1.29 is 8.42 Å². The molecule has 0 bridgehead atoms. The molecule has 3 aromatic rings. The fourth-order valence-corrected chi connectivity index (χ4v) is 3.80. The fraction of sp³-hybridized carbons (Fsp3) is 0.0625. The number of hydrogen-bond donors (Lipinski definition) is 1. The van der Waals surface area contributed by atoms with Crippen LogP contribution in [0, 0.1) is 0 Å². The number of rotatable bonds is 4. The highest BCUT2D eigenvalue weighted by atomic mass is 35.5. The molecule has 0 fully saturated rings. The van der Waals surface area contributed by atoms with Gasteiger partial charge < -0.3 is 0 Å². The Morgan fingerprint density at radius 2 is 1.74 bits per heavy atom. The van der Waals surface area contributed by atoms with Crippen LogP contribution in [0.15, 0.2) is 59.6 Å². The van der Waals surface area contributed by atoms with Crippen molar-refractivity contribution in [1.82, 2.24) is 9.71 Å². The van der Waals surface area contributed by atoms with E-state index in [1.54, 1.807) is 36.5 Å². The van der Waals surface area contributed by atoms with Crippen molar-refractivity contribution in [3.63, 3.8) is 0 Å². The standard InChI is InChI=1S/C16H12Cl2N2O2S/c17-13-7-1-5-12(15(13)18)10-20-23(21,22)14-8-2-4-11-6-3-9-19-16(11)14/h1-9,20H,10H2. The van der Waals surface area contributed by atoms with Gasteiger partial charge in [0.25, 0.3) is 0 Å². The molecule has 0 unspecified atom stereocenters. The van der Waals surface area contributed by atoms with E-state index in [2.05, 4.69) is 9.71 Å². The zero-order valence-corrected chi connectivity index (χ0v) is 14.2. The van der Waals surface area contributed by atoms with Crippen molar-refractivity contribution in [3.8, 4) is 0 Å². The lowest BCUT2D eigenvalue weighted by Gasteiger charge is -2.10. The second-order valence-electron chi connectivity index (χ2n) is 4.87. The molecule has 0 atom stereocenters. The molecule has 23 heavy (non-hydrogen) atoms. The Labute approximate surface area is 144 Å². The molecule has 1 heterocycles. The summed E-state index contributed by atoms with van der Waals surface area (Å²) in [5.41, 5.74) is 1.04. The van der Waals surface area contributed by atoms with Gasteiger partial charge in [-0.1, -0.05) is 53.5 Å². The van der Waals surface area contributed by atoms with E-state index in [4.69, 9.17) is 23.2 Å². The van der Waals surface area contributed by atoms with Gasteiger partial charge in [0.1, 0.15) is 4.90 Å². The minimum atomic E-state index is -3.73. The highest BCUT2D eigenvalue weighted by molar-refractivity contribution is 7.89. The van der Waals surface area contributed by atoms with Gasteiger partial charge in [-0.2, -0.15) is 0 Å². The van der Waals surface area contributed by atoms with E-state index in [1.165, 1.54) is 6.07 Å². The summed E-state index contributed by atoms with van der Waals surface area (Å²) in [6, 6.07) is 13.7. The van der Waals surface area contributed by atoms with Crippen LogP contribution in [0.1, 0.15) is 5.56 Å². The van der Waals surface area contributed by atoms with E-state index in [1.807, 2.05) is 12.1 Å². The monoisotopic (exact) mass is 366 g/mol. The number of hydrogen-bond acceptors (Lipinski definition) is 3. The van der Waals surface area contributed by atoms with Crippen LogP contribution in [0.4, 0.5) is 0 Å². The van der Waals surface area contributed by atoms with Gasteiger partial charge in [0.15, 0.2) is 0 Å². The van der Waals surface area contributed by atoms with Crippen LogP contribution in [-0.2, 0) is 16.6 Å².